The van der Waals surface area contributed by atoms with Gasteiger partial charge in [-0.1, -0.05) is 17.7 Å². The van der Waals surface area contributed by atoms with Crippen LogP contribution in [-0.2, 0) is 14.8 Å². The van der Waals surface area contributed by atoms with Crippen molar-refractivity contribution in [3.05, 3.63) is 69.3 Å². The standard InChI is InChI=1S/C17H18N2O6S/c1-12-3-6-15(7-4-12)26(23,24)18-9-10-25-17(20)14-5-8-16(19(21)22)13(2)11-14/h3-8,11,18H,9-10H2,1-2H3. The maximum atomic E-state index is 12.1. The van der Waals surface area contributed by atoms with Crippen LogP contribution in [0.3, 0.4) is 0 Å². The number of hydrogen-bond donors (Lipinski definition) is 1. The zero-order valence-corrected chi connectivity index (χ0v) is 15.1. The quantitative estimate of drug-likeness (QED) is 0.342. The Morgan fingerprint density at radius 2 is 1.81 bits per heavy atom. The van der Waals surface area contributed by atoms with Gasteiger partial charge in [-0.3, -0.25) is 10.1 Å². The molecule has 0 saturated heterocycles. The Hall–Kier alpha value is -2.78. The van der Waals surface area contributed by atoms with Gasteiger partial charge in [0.15, 0.2) is 0 Å². The van der Waals surface area contributed by atoms with Crippen molar-refractivity contribution in [3.8, 4) is 0 Å². The molecule has 2 aromatic rings. The summed E-state index contributed by atoms with van der Waals surface area (Å²) in [7, 11) is -3.68. The molecule has 2 rings (SSSR count). The van der Waals surface area contributed by atoms with E-state index >= 15 is 0 Å². The summed E-state index contributed by atoms with van der Waals surface area (Å²) in [4.78, 5) is 22.3. The number of rotatable bonds is 7. The SMILES string of the molecule is Cc1ccc(S(=O)(=O)NCCOC(=O)c2ccc([N+](=O)[O-])c(C)c2)cc1. The van der Waals surface area contributed by atoms with Crippen LogP contribution in [0.4, 0.5) is 5.69 Å². The van der Waals surface area contributed by atoms with Gasteiger partial charge in [0.05, 0.1) is 15.4 Å². The van der Waals surface area contributed by atoms with E-state index in [1.165, 1.54) is 37.3 Å². The van der Waals surface area contributed by atoms with E-state index in [-0.39, 0.29) is 29.3 Å². The van der Waals surface area contributed by atoms with E-state index in [1.807, 2.05) is 6.92 Å². The van der Waals surface area contributed by atoms with Crippen LogP contribution in [0.5, 0.6) is 0 Å². The van der Waals surface area contributed by atoms with Gasteiger partial charge < -0.3 is 4.74 Å². The van der Waals surface area contributed by atoms with Crippen LogP contribution in [0.1, 0.15) is 21.5 Å². The molecule has 0 bridgehead atoms. The number of carbonyl (C=O) groups excluding carboxylic acids is 1. The van der Waals surface area contributed by atoms with Crippen LogP contribution in [0.15, 0.2) is 47.4 Å². The number of nitro benzene ring substituents is 1. The van der Waals surface area contributed by atoms with Crippen molar-refractivity contribution in [2.75, 3.05) is 13.2 Å². The summed E-state index contributed by atoms with van der Waals surface area (Å²) in [6, 6.07) is 10.2. The minimum atomic E-state index is -3.68. The normalized spacial score (nSPS) is 11.2. The summed E-state index contributed by atoms with van der Waals surface area (Å²) in [5.41, 5.74) is 1.35. The van der Waals surface area contributed by atoms with Crippen LogP contribution in [0, 0.1) is 24.0 Å². The third-order valence-electron chi connectivity index (χ3n) is 3.59. The monoisotopic (exact) mass is 378 g/mol. The summed E-state index contributed by atoms with van der Waals surface area (Å²) in [5, 5.41) is 10.8. The lowest BCUT2D eigenvalue weighted by molar-refractivity contribution is -0.385. The van der Waals surface area contributed by atoms with Gasteiger partial charge in [-0.25, -0.2) is 17.9 Å². The summed E-state index contributed by atoms with van der Waals surface area (Å²) in [5.74, 6) is -0.683. The first-order chi connectivity index (χ1) is 12.2. The summed E-state index contributed by atoms with van der Waals surface area (Å²) in [6.45, 7) is 3.11. The van der Waals surface area contributed by atoms with E-state index in [9.17, 15) is 23.3 Å². The fourth-order valence-electron chi connectivity index (χ4n) is 2.19. The number of sulfonamides is 1. The predicted octanol–water partition coefficient (Wildman–Crippen LogP) is 2.35. The molecular weight excluding hydrogens is 360 g/mol. The lowest BCUT2D eigenvalue weighted by Gasteiger charge is -2.08. The molecule has 0 heterocycles. The Labute approximate surface area is 151 Å². The first-order valence-electron chi connectivity index (χ1n) is 7.69. The third-order valence-corrected chi connectivity index (χ3v) is 5.06. The number of nitro groups is 1. The second-order valence-corrected chi connectivity index (χ2v) is 7.37. The Morgan fingerprint density at radius 1 is 1.15 bits per heavy atom. The van der Waals surface area contributed by atoms with E-state index in [0.717, 1.165) is 5.56 Å². The van der Waals surface area contributed by atoms with E-state index < -0.39 is 20.9 Å². The third kappa shape index (κ3) is 4.87. The van der Waals surface area contributed by atoms with Crippen LogP contribution in [-0.4, -0.2) is 32.5 Å². The number of ether oxygens (including phenoxy) is 1. The number of nitrogens with zero attached hydrogens (tertiary/aromatic N) is 1. The van der Waals surface area contributed by atoms with Crippen molar-refractivity contribution >= 4 is 21.7 Å². The average Bonchev–Trinajstić information content (AvgIpc) is 2.58. The molecule has 0 atom stereocenters. The highest BCUT2D eigenvalue weighted by molar-refractivity contribution is 7.89. The first-order valence-corrected chi connectivity index (χ1v) is 9.17. The minimum Gasteiger partial charge on any atom is -0.461 e. The van der Waals surface area contributed by atoms with Gasteiger partial charge >= 0.3 is 5.97 Å². The Bertz CT molecular complexity index is 923. The summed E-state index contributed by atoms with van der Waals surface area (Å²) in [6.07, 6.45) is 0. The fourth-order valence-corrected chi connectivity index (χ4v) is 3.20. The molecular formula is C17H18N2O6S. The smallest absolute Gasteiger partial charge is 0.338 e. The highest BCUT2D eigenvalue weighted by atomic mass is 32.2. The molecule has 9 heteroatoms. The maximum absolute atomic E-state index is 12.1. The number of nitrogens with one attached hydrogen (secondary N) is 1. The fraction of sp³-hybridized carbons (Fsp3) is 0.235. The number of carbonyl (C=O) groups is 1. The molecule has 0 radical (unpaired) electrons. The molecule has 8 nitrogen and oxygen atoms in total. The van der Waals surface area contributed by atoms with Crippen molar-refractivity contribution in [1.82, 2.24) is 4.72 Å². The minimum absolute atomic E-state index is 0.0894. The molecule has 0 unspecified atom stereocenters. The topological polar surface area (TPSA) is 116 Å². The lowest BCUT2D eigenvalue weighted by Crippen LogP contribution is -2.28. The zero-order valence-electron chi connectivity index (χ0n) is 14.3. The van der Waals surface area contributed by atoms with Gasteiger partial charge in [0.1, 0.15) is 6.61 Å². The molecule has 0 aromatic heterocycles. The molecule has 0 aliphatic carbocycles. The molecule has 0 saturated carbocycles. The van der Waals surface area contributed by atoms with Crippen LogP contribution < -0.4 is 4.72 Å². The Morgan fingerprint density at radius 3 is 2.38 bits per heavy atom. The molecule has 0 amide bonds. The van der Waals surface area contributed by atoms with Gasteiger partial charge in [-0.15, -0.1) is 0 Å². The second-order valence-electron chi connectivity index (χ2n) is 5.61. The Kier molecular flexibility index (Phi) is 6.06. The number of benzene rings is 2. The van der Waals surface area contributed by atoms with Crippen molar-refractivity contribution in [2.45, 2.75) is 18.7 Å². The molecule has 26 heavy (non-hydrogen) atoms. The predicted molar refractivity (Wildman–Crippen MR) is 94.5 cm³/mol. The average molecular weight is 378 g/mol. The van der Waals surface area contributed by atoms with Gasteiger partial charge in [-0.05, 0) is 38.1 Å². The maximum Gasteiger partial charge on any atom is 0.338 e. The number of aryl methyl sites for hydroxylation is 2. The second kappa shape index (κ2) is 8.07. The molecule has 0 spiro atoms. The van der Waals surface area contributed by atoms with E-state index in [1.54, 1.807) is 12.1 Å². The highest BCUT2D eigenvalue weighted by Crippen LogP contribution is 2.19. The Balaban J connectivity index is 1.89. The van der Waals surface area contributed by atoms with E-state index in [4.69, 9.17) is 4.74 Å². The zero-order chi connectivity index (χ0) is 19.3. The van der Waals surface area contributed by atoms with Crippen molar-refractivity contribution in [2.24, 2.45) is 0 Å². The molecule has 2 aromatic carbocycles. The molecule has 138 valence electrons. The van der Waals surface area contributed by atoms with Gasteiger partial charge in [-0.2, -0.15) is 0 Å². The highest BCUT2D eigenvalue weighted by Gasteiger charge is 2.16. The lowest BCUT2D eigenvalue weighted by atomic mass is 10.1. The number of esters is 1. The van der Waals surface area contributed by atoms with Crippen LogP contribution >= 0.6 is 0 Å². The van der Waals surface area contributed by atoms with Crippen molar-refractivity contribution in [3.63, 3.8) is 0 Å². The van der Waals surface area contributed by atoms with E-state index in [2.05, 4.69) is 4.72 Å². The molecule has 0 fully saturated rings. The van der Waals surface area contributed by atoms with Crippen LogP contribution in [0.2, 0.25) is 0 Å². The molecule has 1 N–H and O–H groups in total. The van der Waals surface area contributed by atoms with E-state index in [0.29, 0.717) is 5.56 Å². The molecule has 0 aliphatic rings. The van der Waals surface area contributed by atoms with Crippen molar-refractivity contribution < 1.29 is 22.9 Å². The molecule has 0 aliphatic heterocycles. The summed E-state index contributed by atoms with van der Waals surface area (Å²) < 4.78 is 31.5. The van der Waals surface area contributed by atoms with Crippen LogP contribution in [0.25, 0.3) is 0 Å². The largest absolute Gasteiger partial charge is 0.461 e. The number of hydrogen-bond acceptors (Lipinski definition) is 6. The van der Waals surface area contributed by atoms with Crippen molar-refractivity contribution in [1.29, 1.82) is 0 Å². The van der Waals surface area contributed by atoms with Gasteiger partial charge in [0, 0.05) is 18.2 Å². The van der Waals surface area contributed by atoms with Gasteiger partial charge in [0.2, 0.25) is 10.0 Å². The summed E-state index contributed by atoms with van der Waals surface area (Å²) >= 11 is 0. The van der Waals surface area contributed by atoms with Gasteiger partial charge in [0.25, 0.3) is 5.69 Å². The first kappa shape index (κ1) is 19.5.